The first kappa shape index (κ1) is 24.8. The van der Waals surface area contributed by atoms with Crippen LogP contribution in [0, 0.1) is 0 Å². The van der Waals surface area contributed by atoms with Crippen LogP contribution in [-0.4, -0.2) is 74.9 Å². The highest BCUT2D eigenvalue weighted by Crippen LogP contribution is 2.27. The molecule has 1 aromatic carbocycles. The van der Waals surface area contributed by atoms with Gasteiger partial charge in [-0.05, 0) is 42.8 Å². The Morgan fingerprint density at radius 1 is 1.18 bits per heavy atom. The van der Waals surface area contributed by atoms with E-state index in [2.05, 4.69) is 25.8 Å². The normalized spacial score (nSPS) is 18.4. The van der Waals surface area contributed by atoms with Crippen LogP contribution >= 0.6 is 11.6 Å². The Bertz CT molecular complexity index is 910. The largest absolute Gasteiger partial charge is 0.495 e. The second-order valence-electron chi connectivity index (χ2n) is 7.81. The molecule has 1 fully saturated rings. The molecule has 9 nitrogen and oxygen atoms in total. The smallest absolute Gasteiger partial charge is 0.319 e. The number of hydrogen-bond acceptors (Lipinski definition) is 6. The summed E-state index contributed by atoms with van der Waals surface area (Å²) in [5.74, 6) is 0.515. The molecule has 3 amide bonds. The van der Waals surface area contributed by atoms with Gasteiger partial charge in [-0.1, -0.05) is 11.6 Å². The Labute approximate surface area is 198 Å². The van der Waals surface area contributed by atoms with Crippen molar-refractivity contribution < 1.29 is 19.1 Å². The van der Waals surface area contributed by atoms with E-state index in [1.54, 1.807) is 44.7 Å². The maximum Gasteiger partial charge on any atom is 0.319 e. The van der Waals surface area contributed by atoms with Crippen molar-refractivity contribution in [3.05, 3.63) is 53.3 Å². The van der Waals surface area contributed by atoms with Crippen molar-refractivity contribution in [3.8, 4) is 5.75 Å². The fraction of sp³-hybridized carbons (Fsp3) is 0.435. The van der Waals surface area contributed by atoms with Crippen molar-refractivity contribution in [2.24, 2.45) is 0 Å². The Morgan fingerprint density at radius 3 is 2.64 bits per heavy atom. The van der Waals surface area contributed by atoms with Gasteiger partial charge < -0.3 is 25.4 Å². The predicted molar refractivity (Wildman–Crippen MR) is 127 cm³/mol. The van der Waals surface area contributed by atoms with Crippen LogP contribution in [-0.2, 0) is 9.53 Å². The number of nitrogens with one attached hydrogen (secondary N) is 3. The van der Waals surface area contributed by atoms with Crippen molar-refractivity contribution in [2.45, 2.75) is 18.4 Å². The standard InChI is InChI=1S/C23H30ClN5O4/c1-32-12-10-25-22(30)15-29-11-9-21(19(14-29)20-8-7-18(33-2)13-26-20)28-23(31)27-17-5-3-16(24)4-6-17/h3-8,13,19,21H,9-12,14-15H2,1-2H3,(H,25,30)(H2,27,28,31)/t19-,21+/m0/s1. The van der Waals surface area contributed by atoms with E-state index in [-0.39, 0.29) is 30.4 Å². The zero-order valence-corrected chi connectivity index (χ0v) is 19.6. The quantitative estimate of drug-likeness (QED) is 0.481. The molecule has 10 heteroatoms. The molecular formula is C23H30ClN5O4. The molecule has 3 rings (SSSR count). The van der Waals surface area contributed by atoms with Gasteiger partial charge in [-0.15, -0.1) is 0 Å². The molecule has 0 bridgehead atoms. The summed E-state index contributed by atoms with van der Waals surface area (Å²) < 4.78 is 10.2. The topological polar surface area (TPSA) is 105 Å². The van der Waals surface area contributed by atoms with Crippen molar-refractivity contribution >= 4 is 29.2 Å². The Balaban J connectivity index is 1.66. The number of rotatable bonds is 9. The summed E-state index contributed by atoms with van der Waals surface area (Å²) >= 11 is 5.91. The Hall–Kier alpha value is -2.88. The fourth-order valence-electron chi connectivity index (χ4n) is 3.79. The molecule has 2 heterocycles. The first-order chi connectivity index (χ1) is 16.0. The number of carbonyl (C=O) groups excluding carboxylic acids is 2. The third-order valence-electron chi connectivity index (χ3n) is 5.49. The summed E-state index contributed by atoms with van der Waals surface area (Å²) in [6, 6.07) is 10.2. The van der Waals surface area contributed by atoms with Crippen molar-refractivity contribution in [2.75, 3.05) is 52.3 Å². The van der Waals surface area contributed by atoms with Crippen LogP contribution in [0.4, 0.5) is 10.5 Å². The number of methoxy groups -OCH3 is 2. The highest BCUT2D eigenvalue weighted by Gasteiger charge is 2.33. The number of pyridine rings is 1. The number of amides is 3. The lowest BCUT2D eigenvalue weighted by molar-refractivity contribution is -0.122. The van der Waals surface area contributed by atoms with Gasteiger partial charge in [-0.2, -0.15) is 0 Å². The molecule has 33 heavy (non-hydrogen) atoms. The molecule has 178 valence electrons. The average molecular weight is 476 g/mol. The third-order valence-corrected chi connectivity index (χ3v) is 5.74. The molecular weight excluding hydrogens is 446 g/mol. The van der Waals surface area contributed by atoms with Gasteiger partial charge in [0.1, 0.15) is 5.75 Å². The molecule has 0 aliphatic carbocycles. The maximum absolute atomic E-state index is 12.7. The van der Waals surface area contributed by atoms with Gasteiger partial charge in [0, 0.05) is 55.1 Å². The van der Waals surface area contributed by atoms with E-state index in [0.29, 0.717) is 49.1 Å². The minimum absolute atomic E-state index is 0.0552. The zero-order chi connectivity index (χ0) is 23.6. The van der Waals surface area contributed by atoms with E-state index in [4.69, 9.17) is 21.1 Å². The van der Waals surface area contributed by atoms with Crippen LogP contribution in [0.2, 0.25) is 5.02 Å². The van der Waals surface area contributed by atoms with Gasteiger partial charge in [-0.3, -0.25) is 14.7 Å². The van der Waals surface area contributed by atoms with Gasteiger partial charge in [-0.25, -0.2) is 4.79 Å². The summed E-state index contributed by atoms with van der Waals surface area (Å²) in [6.45, 7) is 2.49. The van der Waals surface area contributed by atoms with Crippen LogP contribution in [0.1, 0.15) is 18.0 Å². The molecule has 3 N–H and O–H groups in total. The van der Waals surface area contributed by atoms with Gasteiger partial charge in [0.05, 0.1) is 26.5 Å². The molecule has 2 atom stereocenters. The number of anilines is 1. The summed E-state index contributed by atoms with van der Waals surface area (Å²) in [7, 11) is 3.19. The monoisotopic (exact) mass is 475 g/mol. The van der Waals surface area contributed by atoms with E-state index in [1.807, 2.05) is 12.1 Å². The third kappa shape index (κ3) is 7.59. The molecule has 1 aliphatic rings. The SMILES string of the molecule is COCCNC(=O)CN1CC[C@@H](NC(=O)Nc2ccc(Cl)cc2)[C@H](c2ccc(OC)cn2)C1. The molecule has 0 radical (unpaired) electrons. The number of piperidine rings is 1. The zero-order valence-electron chi connectivity index (χ0n) is 18.8. The first-order valence-corrected chi connectivity index (χ1v) is 11.2. The second-order valence-corrected chi connectivity index (χ2v) is 8.24. The van der Waals surface area contributed by atoms with Crippen molar-refractivity contribution in [1.29, 1.82) is 0 Å². The molecule has 1 saturated heterocycles. The lowest BCUT2D eigenvalue weighted by atomic mass is 9.88. The number of likely N-dealkylation sites (tertiary alicyclic amines) is 1. The van der Waals surface area contributed by atoms with Crippen LogP contribution < -0.4 is 20.7 Å². The number of nitrogens with zero attached hydrogens (tertiary/aromatic N) is 2. The van der Waals surface area contributed by atoms with Crippen LogP contribution in [0.3, 0.4) is 0 Å². The molecule has 0 unspecified atom stereocenters. The van der Waals surface area contributed by atoms with E-state index < -0.39 is 0 Å². The first-order valence-electron chi connectivity index (χ1n) is 10.8. The lowest BCUT2D eigenvalue weighted by Gasteiger charge is -2.38. The van der Waals surface area contributed by atoms with Gasteiger partial charge >= 0.3 is 6.03 Å². The highest BCUT2D eigenvalue weighted by atomic mass is 35.5. The van der Waals surface area contributed by atoms with E-state index >= 15 is 0 Å². The van der Waals surface area contributed by atoms with E-state index in [0.717, 1.165) is 5.69 Å². The summed E-state index contributed by atoms with van der Waals surface area (Å²) in [6.07, 6.45) is 2.34. The predicted octanol–water partition coefficient (Wildman–Crippen LogP) is 2.49. The molecule has 1 aromatic heterocycles. The number of aromatic nitrogens is 1. The van der Waals surface area contributed by atoms with Crippen molar-refractivity contribution in [1.82, 2.24) is 20.5 Å². The highest BCUT2D eigenvalue weighted by molar-refractivity contribution is 6.30. The minimum Gasteiger partial charge on any atom is -0.495 e. The number of carbonyl (C=O) groups is 2. The Morgan fingerprint density at radius 2 is 1.97 bits per heavy atom. The van der Waals surface area contributed by atoms with Crippen LogP contribution in [0.5, 0.6) is 5.75 Å². The molecule has 2 aromatic rings. The average Bonchev–Trinajstić information content (AvgIpc) is 2.82. The van der Waals surface area contributed by atoms with E-state index in [1.165, 1.54) is 0 Å². The molecule has 0 spiro atoms. The van der Waals surface area contributed by atoms with E-state index in [9.17, 15) is 9.59 Å². The second kappa shape index (κ2) is 12.4. The van der Waals surface area contributed by atoms with Gasteiger partial charge in [0.2, 0.25) is 5.91 Å². The molecule has 0 saturated carbocycles. The fourth-order valence-corrected chi connectivity index (χ4v) is 3.91. The number of urea groups is 1. The minimum atomic E-state index is -0.299. The number of benzene rings is 1. The number of hydrogen-bond donors (Lipinski definition) is 3. The Kier molecular flexibility index (Phi) is 9.29. The summed E-state index contributed by atoms with van der Waals surface area (Å²) in [5.41, 5.74) is 1.48. The summed E-state index contributed by atoms with van der Waals surface area (Å²) in [4.78, 5) is 31.6. The molecule has 1 aliphatic heterocycles. The maximum atomic E-state index is 12.7. The van der Waals surface area contributed by atoms with Gasteiger partial charge in [0.15, 0.2) is 0 Å². The number of halogens is 1. The lowest BCUT2D eigenvalue weighted by Crippen LogP contribution is -2.52. The van der Waals surface area contributed by atoms with Crippen LogP contribution in [0.25, 0.3) is 0 Å². The number of ether oxygens (including phenoxy) is 2. The van der Waals surface area contributed by atoms with Crippen molar-refractivity contribution in [3.63, 3.8) is 0 Å². The van der Waals surface area contributed by atoms with Crippen LogP contribution in [0.15, 0.2) is 42.6 Å². The summed E-state index contributed by atoms with van der Waals surface area (Å²) in [5, 5.41) is 9.37. The van der Waals surface area contributed by atoms with Gasteiger partial charge in [0.25, 0.3) is 0 Å².